The van der Waals surface area contributed by atoms with Gasteiger partial charge in [0.15, 0.2) is 0 Å². The maximum Gasteiger partial charge on any atom is 0.0968 e. The van der Waals surface area contributed by atoms with Gasteiger partial charge in [0, 0.05) is 11.4 Å². The Labute approximate surface area is 142 Å². The second-order valence-electron chi connectivity index (χ2n) is 7.85. The number of fused-ring (bicyclic) bond motifs is 1. The second kappa shape index (κ2) is 6.67. The maximum atomic E-state index is 6.20. The lowest BCUT2D eigenvalue weighted by molar-refractivity contribution is 0.112. The van der Waals surface area contributed by atoms with Crippen LogP contribution in [0.1, 0.15) is 94.8 Å². The van der Waals surface area contributed by atoms with Gasteiger partial charge in [0.1, 0.15) is 0 Å². The first-order chi connectivity index (χ1) is 10.6. The third-order valence-electron chi connectivity index (χ3n) is 5.34. The zero-order valence-corrected chi connectivity index (χ0v) is 16.4. The number of pyridine rings is 1. The summed E-state index contributed by atoms with van der Waals surface area (Å²) in [6.45, 7) is 20.0. The fourth-order valence-corrected chi connectivity index (χ4v) is 3.83. The van der Waals surface area contributed by atoms with Gasteiger partial charge in [-0.3, -0.25) is 4.98 Å². The molecule has 0 aliphatic carbocycles. The molecule has 128 valence electrons. The number of rotatable bonds is 2. The third kappa shape index (κ3) is 3.32. The summed E-state index contributed by atoms with van der Waals surface area (Å²) in [5.41, 5.74) is 7.89. The number of aryl methyl sites for hydroxylation is 1. The third-order valence-corrected chi connectivity index (χ3v) is 5.34. The van der Waals surface area contributed by atoms with Crippen LogP contribution in [0.15, 0.2) is 5.76 Å². The highest BCUT2D eigenvalue weighted by molar-refractivity contribution is 5.73. The molecule has 0 spiro atoms. The predicted molar refractivity (Wildman–Crippen MR) is 98.8 cm³/mol. The van der Waals surface area contributed by atoms with Crippen LogP contribution in [-0.2, 0) is 4.74 Å². The van der Waals surface area contributed by atoms with Gasteiger partial charge in [-0.05, 0) is 81.1 Å². The number of hydrogen-bond acceptors (Lipinski definition) is 2. The van der Waals surface area contributed by atoms with Gasteiger partial charge in [-0.25, -0.2) is 0 Å². The van der Waals surface area contributed by atoms with Gasteiger partial charge in [-0.15, -0.1) is 0 Å². The fourth-order valence-electron chi connectivity index (χ4n) is 3.83. The molecule has 0 saturated heterocycles. The van der Waals surface area contributed by atoms with Crippen LogP contribution in [0, 0.1) is 19.8 Å². The minimum Gasteiger partial charge on any atom is -0.495 e. The van der Waals surface area contributed by atoms with E-state index in [4.69, 9.17) is 9.72 Å². The Bertz CT molecular complexity index is 625. The molecule has 1 aromatic heterocycles. The molecular formula is C21H33NO. The van der Waals surface area contributed by atoms with E-state index in [9.17, 15) is 0 Å². The van der Waals surface area contributed by atoms with Crippen molar-refractivity contribution in [3.05, 3.63) is 33.8 Å². The molecule has 1 aliphatic heterocycles. The van der Waals surface area contributed by atoms with Crippen LogP contribution in [0.2, 0.25) is 0 Å². The summed E-state index contributed by atoms with van der Waals surface area (Å²) in [4.78, 5) is 5.01. The molecule has 2 nitrogen and oxygen atoms in total. The van der Waals surface area contributed by atoms with E-state index >= 15 is 0 Å². The first kappa shape index (κ1) is 18.0. The van der Waals surface area contributed by atoms with Crippen molar-refractivity contribution in [1.29, 1.82) is 0 Å². The molecule has 0 saturated carbocycles. The lowest BCUT2D eigenvalue weighted by atomic mass is 9.76. The summed E-state index contributed by atoms with van der Waals surface area (Å²) in [7, 11) is 0. The molecule has 0 aromatic carbocycles. The van der Waals surface area contributed by atoms with Gasteiger partial charge < -0.3 is 4.74 Å². The monoisotopic (exact) mass is 315 g/mol. The zero-order valence-electron chi connectivity index (χ0n) is 16.4. The smallest absolute Gasteiger partial charge is 0.0968 e. The van der Waals surface area contributed by atoms with E-state index in [1.165, 1.54) is 28.0 Å². The number of nitrogens with zero attached hydrogens (tertiary/aromatic N) is 1. The van der Waals surface area contributed by atoms with Gasteiger partial charge >= 0.3 is 0 Å². The Hall–Kier alpha value is -1.31. The Balaban J connectivity index is 2.90. The number of aromatic nitrogens is 1. The highest BCUT2D eigenvalue weighted by Crippen LogP contribution is 2.43. The minimum atomic E-state index is 0.243. The van der Waals surface area contributed by atoms with Gasteiger partial charge in [0.2, 0.25) is 0 Å². The molecule has 1 aliphatic rings. The molecule has 23 heavy (non-hydrogen) atoms. The van der Waals surface area contributed by atoms with Crippen molar-refractivity contribution in [2.75, 3.05) is 0 Å². The summed E-state index contributed by atoms with van der Waals surface area (Å²) in [5.74, 6) is 2.57. The number of hydrogen-bond donors (Lipinski definition) is 0. The molecule has 0 radical (unpaired) electrons. The van der Waals surface area contributed by atoms with E-state index in [-0.39, 0.29) is 6.10 Å². The quantitative estimate of drug-likeness (QED) is 0.655. The zero-order chi connectivity index (χ0) is 17.5. The molecular weight excluding hydrogens is 282 g/mol. The molecule has 0 amide bonds. The molecule has 2 atom stereocenters. The first-order valence-electron chi connectivity index (χ1n) is 9.00. The Morgan fingerprint density at radius 1 is 1.04 bits per heavy atom. The highest BCUT2D eigenvalue weighted by atomic mass is 16.5. The molecule has 2 heteroatoms. The molecule has 0 bridgehead atoms. The van der Waals surface area contributed by atoms with Gasteiger partial charge in [-0.2, -0.15) is 0 Å². The largest absolute Gasteiger partial charge is 0.495 e. The molecule has 1 aromatic rings. The van der Waals surface area contributed by atoms with E-state index in [2.05, 4.69) is 62.3 Å². The highest BCUT2D eigenvalue weighted by Gasteiger charge is 2.31. The second-order valence-corrected chi connectivity index (χ2v) is 7.85. The van der Waals surface area contributed by atoms with Crippen molar-refractivity contribution < 1.29 is 4.74 Å². The molecule has 0 N–H and O–H groups in total. The standard InChI is InChI=1S/C21H33NO/c1-11(2)18-10-13(5)23-17(9)15(7)19-14(6)16(8)22-21(12(3)4)20(18)19/h11-13,18H,10H2,1-9H3/b17-15-/t13-,18?/m1/s1. The van der Waals surface area contributed by atoms with E-state index < -0.39 is 0 Å². The summed E-state index contributed by atoms with van der Waals surface area (Å²) < 4.78 is 6.20. The van der Waals surface area contributed by atoms with Crippen LogP contribution in [0.5, 0.6) is 0 Å². The van der Waals surface area contributed by atoms with Crippen molar-refractivity contribution in [2.24, 2.45) is 5.92 Å². The lowest BCUT2D eigenvalue weighted by Crippen LogP contribution is -2.23. The van der Waals surface area contributed by atoms with Crippen molar-refractivity contribution in [1.82, 2.24) is 4.98 Å². The van der Waals surface area contributed by atoms with E-state index in [0.717, 1.165) is 17.9 Å². The van der Waals surface area contributed by atoms with Crippen LogP contribution in [0.25, 0.3) is 5.57 Å². The Kier molecular flexibility index (Phi) is 5.23. The van der Waals surface area contributed by atoms with Gasteiger partial charge in [-0.1, -0.05) is 27.7 Å². The molecule has 2 heterocycles. The summed E-state index contributed by atoms with van der Waals surface area (Å²) in [5, 5.41) is 0. The number of ether oxygens (including phenoxy) is 1. The number of allylic oxidation sites excluding steroid dienone is 2. The SMILES string of the molecule is C/C1=C(\C)c2c(C)c(C)nc(C(C)C)c2C(C(C)C)C[C@@H](C)O1. The summed E-state index contributed by atoms with van der Waals surface area (Å²) in [6.07, 6.45) is 1.30. The fraction of sp³-hybridized carbons (Fsp3) is 0.667. The van der Waals surface area contributed by atoms with Crippen molar-refractivity contribution in [2.45, 2.75) is 86.7 Å². The van der Waals surface area contributed by atoms with Crippen LogP contribution < -0.4 is 0 Å². The lowest BCUT2D eigenvalue weighted by Gasteiger charge is -2.34. The van der Waals surface area contributed by atoms with Crippen LogP contribution >= 0.6 is 0 Å². The molecule has 0 fully saturated rings. The topological polar surface area (TPSA) is 22.1 Å². The van der Waals surface area contributed by atoms with Gasteiger partial charge in [0.25, 0.3) is 0 Å². The minimum absolute atomic E-state index is 0.243. The Morgan fingerprint density at radius 3 is 2.17 bits per heavy atom. The average molecular weight is 316 g/mol. The van der Waals surface area contributed by atoms with Crippen molar-refractivity contribution in [3.8, 4) is 0 Å². The van der Waals surface area contributed by atoms with E-state index in [1.54, 1.807) is 0 Å². The van der Waals surface area contributed by atoms with Crippen molar-refractivity contribution >= 4 is 5.57 Å². The van der Waals surface area contributed by atoms with Crippen LogP contribution in [0.3, 0.4) is 0 Å². The predicted octanol–water partition coefficient (Wildman–Crippen LogP) is 6.12. The average Bonchev–Trinajstić information content (AvgIpc) is 2.44. The van der Waals surface area contributed by atoms with E-state index in [0.29, 0.717) is 17.8 Å². The first-order valence-corrected chi connectivity index (χ1v) is 9.00. The van der Waals surface area contributed by atoms with Gasteiger partial charge in [0.05, 0.1) is 11.9 Å². The van der Waals surface area contributed by atoms with Crippen LogP contribution in [0.4, 0.5) is 0 Å². The summed E-state index contributed by atoms with van der Waals surface area (Å²) >= 11 is 0. The Morgan fingerprint density at radius 2 is 1.65 bits per heavy atom. The summed E-state index contributed by atoms with van der Waals surface area (Å²) in [6, 6.07) is 0. The maximum absolute atomic E-state index is 6.20. The molecule has 1 unspecified atom stereocenters. The normalized spacial score (nSPS) is 25.2. The van der Waals surface area contributed by atoms with Crippen LogP contribution in [-0.4, -0.2) is 11.1 Å². The molecule has 2 rings (SSSR count). The van der Waals surface area contributed by atoms with Crippen molar-refractivity contribution in [3.63, 3.8) is 0 Å². The van der Waals surface area contributed by atoms with E-state index in [1.807, 2.05) is 0 Å².